The van der Waals surface area contributed by atoms with Crippen molar-refractivity contribution in [3.8, 4) is 0 Å². The molecule has 1 saturated heterocycles. The summed E-state index contributed by atoms with van der Waals surface area (Å²) in [6, 6.07) is 10.2. The van der Waals surface area contributed by atoms with Gasteiger partial charge in [0, 0.05) is 45.6 Å². The Kier molecular flexibility index (Phi) is 6.40. The van der Waals surface area contributed by atoms with Gasteiger partial charge in [-0.1, -0.05) is 30.3 Å². The van der Waals surface area contributed by atoms with Crippen LogP contribution in [0.1, 0.15) is 24.8 Å². The van der Waals surface area contributed by atoms with E-state index in [2.05, 4.69) is 12.1 Å². The zero-order chi connectivity index (χ0) is 15.8. The van der Waals surface area contributed by atoms with Crippen LogP contribution in [-0.4, -0.2) is 54.3 Å². The highest BCUT2D eigenvalue weighted by Crippen LogP contribution is 2.09. The molecule has 5 heteroatoms. The Morgan fingerprint density at radius 2 is 1.45 bits per heavy atom. The highest BCUT2D eigenvalue weighted by atomic mass is 16.2. The van der Waals surface area contributed by atoms with E-state index in [0.717, 1.165) is 12.8 Å². The minimum Gasteiger partial charge on any atom is -0.339 e. The van der Waals surface area contributed by atoms with Crippen LogP contribution in [0.4, 0.5) is 0 Å². The van der Waals surface area contributed by atoms with E-state index in [0.29, 0.717) is 45.6 Å². The topological polar surface area (TPSA) is 66.6 Å². The van der Waals surface area contributed by atoms with Crippen molar-refractivity contribution in [3.05, 3.63) is 35.9 Å². The zero-order valence-electron chi connectivity index (χ0n) is 13.0. The zero-order valence-corrected chi connectivity index (χ0v) is 13.0. The van der Waals surface area contributed by atoms with Crippen molar-refractivity contribution in [3.63, 3.8) is 0 Å². The molecule has 0 saturated carbocycles. The molecule has 0 radical (unpaired) electrons. The lowest BCUT2D eigenvalue weighted by Gasteiger charge is -2.35. The first kappa shape index (κ1) is 16.5. The molecule has 1 fully saturated rings. The normalized spacial score (nSPS) is 15.0. The lowest BCUT2D eigenvalue weighted by atomic mass is 10.1. The fourth-order valence-electron chi connectivity index (χ4n) is 2.73. The fourth-order valence-corrected chi connectivity index (χ4v) is 2.73. The van der Waals surface area contributed by atoms with Crippen molar-refractivity contribution < 1.29 is 9.59 Å². The molecule has 2 amide bonds. The van der Waals surface area contributed by atoms with Gasteiger partial charge < -0.3 is 15.5 Å². The van der Waals surface area contributed by atoms with Gasteiger partial charge in [0.15, 0.2) is 0 Å². The second-order valence-electron chi connectivity index (χ2n) is 5.64. The minimum atomic E-state index is 0.0960. The van der Waals surface area contributed by atoms with Gasteiger partial charge >= 0.3 is 0 Å². The Bertz CT molecular complexity index is 482. The lowest BCUT2D eigenvalue weighted by molar-refractivity contribution is -0.139. The summed E-state index contributed by atoms with van der Waals surface area (Å²) in [5.41, 5.74) is 6.67. The van der Waals surface area contributed by atoms with Crippen molar-refractivity contribution in [2.75, 3.05) is 32.7 Å². The number of rotatable bonds is 6. The van der Waals surface area contributed by atoms with Gasteiger partial charge in [-0.25, -0.2) is 0 Å². The summed E-state index contributed by atoms with van der Waals surface area (Å²) in [4.78, 5) is 27.6. The van der Waals surface area contributed by atoms with Crippen LogP contribution in [0, 0.1) is 0 Å². The van der Waals surface area contributed by atoms with Gasteiger partial charge in [0.1, 0.15) is 0 Å². The first-order valence-electron chi connectivity index (χ1n) is 8.00. The molecule has 0 aromatic heterocycles. The predicted molar refractivity (Wildman–Crippen MR) is 86.2 cm³/mol. The summed E-state index contributed by atoms with van der Waals surface area (Å²) in [5.74, 6) is 0.292. The number of hydrogen-bond donors (Lipinski definition) is 1. The molecule has 2 rings (SSSR count). The largest absolute Gasteiger partial charge is 0.339 e. The number of amides is 2. The molecule has 1 aliphatic rings. The average Bonchev–Trinajstić information content (AvgIpc) is 2.56. The molecule has 1 aliphatic heterocycles. The predicted octanol–water partition coefficient (Wildman–Crippen LogP) is 1.03. The summed E-state index contributed by atoms with van der Waals surface area (Å²) < 4.78 is 0. The Labute approximate surface area is 132 Å². The summed E-state index contributed by atoms with van der Waals surface area (Å²) in [7, 11) is 0. The van der Waals surface area contributed by atoms with Crippen LogP contribution in [-0.2, 0) is 16.0 Å². The Morgan fingerprint density at radius 1 is 0.909 bits per heavy atom. The van der Waals surface area contributed by atoms with Gasteiger partial charge in [-0.05, 0) is 18.4 Å². The maximum absolute atomic E-state index is 12.2. The van der Waals surface area contributed by atoms with Gasteiger partial charge in [-0.3, -0.25) is 9.59 Å². The van der Waals surface area contributed by atoms with Crippen molar-refractivity contribution in [2.24, 2.45) is 5.73 Å². The molecule has 5 nitrogen and oxygen atoms in total. The van der Waals surface area contributed by atoms with Crippen molar-refractivity contribution in [1.82, 2.24) is 9.80 Å². The number of benzene rings is 1. The highest BCUT2D eigenvalue weighted by molar-refractivity contribution is 5.78. The van der Waals surface area contributed by atoms with Gasteiger partial charge in [0.2, 0.25) is 11.8 Å². The molecule has 0 unspecified atom stereocenters. The number of aryl methyl sites for hydroxylation is 1. The molecule has 120 valence electrons. The fraction of sp³-hybridized carbons (Fsp3) is 0.529. The van der Waals surface area contributed by atoms with E-state index in [4.69, 9.17) is 5.73 Å². The molecule has 0 bridgehead atoms. The second kappa shape index (κ2) is 8.54. The van der Waals surface area contributed by atoms with Crippen LogP contribution in [0.3, 0.4) is 0 Å². The molecule has 1 heterocycles. The molecular formula is C17H25N3O2. The maximum atomic E-state index is 12.2. The molecule has 1 aromatic rings. The molecule has 2 N–H and O–H groups in total. The number of nitrogens with two attached hydrogens (primary N) is 1. The molecule has 0 spiro atoms. The molecule has 0 atom stereocenters. The third-order valence-corrected chi connectivity index (χ3v) is 4.04. The lowest BCUT2D eigenvalue weighted by Crippen LogP contribution is -2.50. The molecule has 1 aromatic carbocycles. The number of hydrogen-bond acceptors (Lipinski definition) is 3. The summed E-state index contributed by atoms with van der Waals surface area (Å²) in [6.07, 6.45) is 2.77. The summed E-state index contributed by atoms with van der Waals surface area (Å²) >= 11 is 0. The van der Waals surface area contributed by atoms with E-state index in [1.165, 1.54) is 5.56 Å². The van der Waals surface area contributed by atoms with Gasteiger partial charge in [0.25, 0.3) is 0 Å². The van der Waals surface area contributed by atoms with Crippen LogP contribution >= 0.6 is 0 Å². The van der Waals surface area contributed by atoms with Crippen molar-refractivity contribution >= 4 is 11.8 Å². The quantitative estimate of drug-likeness (QED) is 0.853. The van der Waals surface area contributed by atoms with Crippen LogP contribution in [0.2, 0.25) is 0 Å². The number of piperazine rings is 1. The van der Waals surface area contributed by atoms with E-state index in [9.17, 15) is 9.59 Å². The van der Waals surface area contributed by atoms with Gasteiger partial charge in [0.05, 0.1) is 0 Å². The first-order chi connectivity index (χ1) is 10.7. The SMILES string of the molecule is NCCC(=O)N1CCN(C(=O)CCCc2ccccc2)CC1. The molecular weight excluding hydrogens is 278 g/mol. The second-order valence-corrected chi connectivity index (χ2v) is 5.64. The van der Waals surface area contributed by atoms with Crippen LogP contribution in [0.15, 0.2) is 30.3 Å². The smallest absolute Gasteiger partial charge is 0.223 e. The molecule has 22 heavy (non-hydrogen) atoms. The summed E-state index contributed by atoms with van der Waals surface area (Å²) in [5, 5.41) is 0. The van der Waals surface area contributed by atoms with Crippen molar-refractivity contribution in [1.29, 1.82) is 0 Å². The minimum absolute atomic E-state index is 0.0960. The highest BCUT2D eigenvalue weighted by Gasteiger charge is 2.23. The number of carbonyl (C=O) groups is 2. The van der Waals surface area contributed by atoms with E-state index in [-0.39, 0.29) is 11.8 Å². The Morgan fingerprint density at radius 3 is 2.00 bits per heavy atom. The number of carbonyl (C=O) groups excluding carboxylic acids is 2. The van der Waals surface area contributed by atoms with Crippen molar-refractivity contribution in [2.45, 2.75) is 25.7 Å². The summed E-state index contributed by atoms with van der Waals surface area (Å²) in [6.45, 7) is 2.92. The Balaban J connectivity index is 1.68. The Hall–Kier alpha value is -1.88. The monoisotopic (exact) mass is 303 g/mol. The van der Waals surface area contributed by atoms with Gasteiger partial charge in [-0.15, -0.1) is 0 Å². The van der Waals surface area contributed by atoms with E-state index >= 15 is 0 Å². The van der Waals surface area contributed by atoms with E-state index in [1.807, 2.05) is 23.1 Å². The van der Waals surface area contributed by atoms with Crippen LogP contribution < -0.4 is 5.73 Å². The molecule has 0 aliphatic carbocycles. The van der Waals surface area contributed by atoms with Crippen LogP contribution in [0.25, 0.3) is 0 Å². The van der Waals surface area contributed by atoms with E-state index < -0.39 is 0 Å². The first-order valence-corrected chi connectivity index (χ1v) is 8.00. The third-order valence-electron chi connectivity index (χ3n) is 4.04. The average molecular weight is 303 g/mol. The standard InChI is InChI=1S/C17H25N3O2/c18-10-9-17(22)20-13-11-19(12-14-20)16(21)8-4-7-15-5-2-1-3-6-15/h1-3,5-6H,4,7-14,18H2. The van der Waals surface area contributed by atoms with Crippen LogP contribution in [0.5, 0.6) is 0 Å². The third kappa shape index (κ3) is 4.84. The number of nitrogens with zero attached hydrogens (tertiary/aromatic N) is 2. The van der Waals surface area contributed by atoms with E-state index in [1.54, 1.807) is 4.90 Å². The van der Waals surface area contributed by atoms with Gasteiger partial charge in [-0.2, -0.15) is 0 Å². The maximum Gasteiger partial charge on any atom is 0.223 e.